The molecule has 2 rings (SSSR count). The van der Waals surface area contributed by atoms with Crippen LogP contribution in [0.15, 0.2) is 18.2 Å². The van der Waals surface area contributed by atoms with E-state index in [4.69, 9.17) is 16.3 Å². The van der Waals surface area contributed by atoms with Crippen molar-refractivity contribution in [1.29, 1.82) is 0 Å². The number of ether oxygens (including phenoxy) is 1. The Balaban J connectivity index is 2.13. The summed E-state index contributed by atoms with van der Waals surface area (Å²) in [7, 11) is 1.75. The molecule has 1 saturated heterocycles. The average molecular weight is 270 g/mol. The predicted molar refractivity (Wildman–Crippen MR) is 68.8 cm³/mol. The molecule has 2 atom stereocenters. The highest BCUT2D eigenvalue weighted by molar-refractivity contribution is 6.32. The number of amides is 1. The molecule has 1 amide bonds. The van der Waals surface area contributed by atoms with Crippen LogP contribution in [-0.4, -0.2) is 35.6 Å². The number of nitrogens with zero attached hydrogens (tertiary/aromatic N) is 1. The maximum absolute atomic E-state index is 11.7. The van der Waals surface area contributed by atoms with Crippen molar-refractivity contribution < 1.29 is 14.6 Å². The molecule has 1 heterocycles. The molecule has 0 saturated carbocycles. The molecule has 1 aliphatic rings. The summed E-state index contributed by atoms with van der Waals surface area (Å²) < 4.78 is 5.62. The lowest BCUT2D eigenvalue weighted by atomic mass is 10.1. The van der Waals surface area contributed by atoms with Gasteiger partial charge in [0.25, 0.3) is 5.91 Å². The Kier molecular flexibility index (Phi) is 3.78. The molecule has 98 valence electrons. The van der Waals surface area contributed by atoms with Crippen LogP contribution < -0.4 is 4.74 Å². The fraction of sp³-hybridized carbons (Fsp3) is 0.462. The normalized spacial score (nSPS) is 21.2. The van der Waals surface area contributed by atoms with Crippen molar-refractivity contribution in [2.24, 2.45) is 0 Å². The van der Waals surface area contributed by atoms with Crippen LogP contribution in [0.4, 0.5) is 0 Å². The van der Waals surface area contributed by atoms with E-state index in [1.165, 1.54) is 0 Å². The molecule has 1 N–H and O–H groups in total. The van der Waals surface area contributed by atoms with Crippen LogP contribution in [-0.2, 0) is 4.79 Å². The van der Waals surface area contributed by atoms with Gasteiger partial charge in [0.1, 0.15) is 5.75 Å². The fourth-order valence-corrected chi connectivity index (χ4v) is 2.16. The first-order valence-corrected chi connectivity index (χ1v) is 6.26. The lowest BCUT2D eigenvalue weighted by Gasteiger charge is -2.15. The first kappa shape index (κ1) is 13.2. The minimum atomic E-state index is -0.573. The molecule has 0 aromatic heterocycles. The molecular formula is C13H16ClNO3. The standard InChI is InChI=1S/C13H16ClNO3/c1-8(16)9-3-4-11(10(14)7-9)18-12-5-6-15(2)13(12)17/h3-4,7-8,12,16H,5-6H2,1-2H3/t8-,12?/m0/s1. The van der Waals surface area contributed by atoms with E-state index < -0.39 is 12.2 Å². The Labute approximate surface area is 111 Å². The number of hydrogen-bond donors (Lipinski definition) is 1. The lowest BCUT2D eigenvalue weighted by Crippen LogP contribution is -2.29. The molecule has 4 nitrogen and oxygen atoms in total. The van der Waals surface area contributed by atoms with E-state index in [0.717, 1.165) is 5.56 Å². The van der Waals surface area contributed by atoms with Crippen LogP contribution in [0.3, 0.4) is 0 Å². The molecule has 1 aromatic rings. The summed E-state index contributed by atoms with van der Waals surface area (Å²) >= 11 is 6.07. The van der Waals surface area contributed by atoms with Crippen molar-refractivity contribution in [3.63, 3.8) is 0 Å². The van der Waals surface area contributed by atoms with Gasteiger partial charge >= 0.3 is 0 Å². The van der Waals surface area contributed by atoms with E-state index in [9.17, 15) is 9.90 Å². The molecule has 1 aromatic carbocycles. The number of halogens is 1. The van der Waals surface area contributed by atoms with Gasteiger partial charge in [0.15, 0.2) is 6.10 Å². The van der Waals surface area contributed by atoms with Crippen molar-refractivity contribution in [3.8, 4) is 5.75 Å². The maximum atomic E-state index is 11.7. The Bertz CT molecular complexity index is 462. The number of hydrogen-bond acceptors (Lipinski definition) is 3. The molecule has 1 fully saturated rings. The van der Waals surface area contributed by atoms with Crippen LogP contribution in [0.1, 0.15) is 25.0 Å². The summed E-state index contributed by atoms with van der Waals surface area (Å²) in [6.45, 7) is 2.37. The minimum absolute atomic E-state index is 0.0225. The number of aliphatic hydroxyl groups excluding tert-OH is 1. The van der Waals surface area contributed by atoms with Crippen LogP contribution >= 0.6 is 11.6 Å². The summed E-state index contributed by atoms with van der Waals surface area (Å²) in [6.07, 6.45) is -0.357. The number of benzene rings is 1. The van der Waals surface area contributed by atoms with Gasteiger partial charge in [-0.15, -0.1) is 0 Å². The van der Waals surface area contributed by atoms with Crippen LogP contribution in [0, 0.1) is 0 Å². The third-order valence-corrected chi connectivity index (χ3v) is 3.38. The number of likely N-dealkylation sites (N-methyl/N-ethyl adjacent to an activating group) is 1. The molecular weight excluding hydrogens is 254 g/mol. The van der Waals surface area contributed by atoms with Gasteiger partial charge in [-0.2, -0.15) is 0 Å². The average Bonchev–Trinajstić information content (AvgIpc) is 2.63. The summed E-state index contributed by atoms with van der Waals surface area (Å²) in [5.41, 5.74) is 0.724. The number of carbonyl (C=O) groups is 1. The quantitative estimate of drug-likeness (QED) is 0.913. The van der Waals surface area contributed by atoms with Crippen LogP contribution in [0.2, 0.25) is 5.02 Å². The second-order valence-corrected chi connectivity index (χ2v) is 4.93. The molecule has 1 aliphatic heterocycles. The Morgan fingerprint density at radius 3 is 2.78 bits per heavy atom. The Morgan fingerprint density at radius 2 is 2.28 bits per heavy atom. The number of likely N-dealkylation sites (tertiary alicyclic amines) is 1. The highest BCUT2D eigenvalue weighted by Crippen LogP contribution is 2.30. The maximum Gasteiger partial charge on any atom is 0.263 e. The molecule has 5 heteroatoms. The number of aliphatic hydroxyl groups is 1. The van der Waals surface area contributed by atoms with E-state index in [-0.39, 0.29) is 5.91 Å². The van der Waals surface area contributed by atoms with E-state index in [2.05, 4.69) is 0 Å². The van der Waals surface area contributed by atoms with Gasteiger partial charge in [-0.3, -0.25) is 4.79 Å². The molecule has 0 bridgehead atoms. The lowest BCUT2D eigenvalue weighted by molar-refractivity contribution is -0.132. The second kappa shape index (κ2) is 5.16. The van der Waals surface area contributed by atoms with Gasteiger partial charge in [-0.25, -0.2) is 0 Å². The fourth-order valence-electron chi connectivity index (χ4n) is 1.93. The van der Waals surface area contributed by atoms with E-state index in [1.807, 2.05) is 0 Å². The minimum Gasteiger partial charge on any atom is -0.479 e. The summed E-state index contributed by atoms with van der Waals surface area (Å²) in [5.74, 6) is 0.459. The highest BCUT2D eigenvalue weighted by Gasteiger charge is 2.31. The Hall–Kier alpha value is -1.26. The van der Waals surface area contributed by atoms with Crippen molar-refractivity contribution in [2.75, 3.05) is 13.6 Å². The predicted octanol–water partition coefficient (Wildman–Crippen LogP) is 2.00. The van der Waals surface area contributed by atoms with Crippen LogP contribution in [0.25, 0.3) is 0 Å². The third-order valence-electron chi connectivity index (χ3n) is 3.09. The SMILES string of the molecule is C[C@H](O)c1ccc(OC2CCN(C)C2=O)c(Cl)c1. The van der Waals surface area contributed by atoms with Crippen LogP contribution in [0.5, 0.6) is 5.75 Å². The van der Waals surface area contributed by atoms with E-state index in [0.29, 0.717) is 23.7 Å². The molecule has 0 radical (unpaired) electrons. The summed E-state index contributed by atoms with van der Waals surface area (Å²) in [6, 6.07) is 5.09. The second-order valence-electron chi connectivity index (χ2n) is 4.52. The van der Waals surface area contributed by atoms with Gasteiger partial charge in [0, 0.05) is 20.0 Å². The van der Waals surface area contributed by atoms with Crippen molar-refractivity contribution in [1.82, 2.24) is 4.90 Å². The molecule has 18 heavy (non-hydrogen) atoms. The Morgan fingerprint density at radius 1 is 1.56 bits per heavy atom. The van der Waals surface area contributed by atoms with Gasteiger partial charge < -0.3 is 14.7 Å². The third kappa shape index (κ3) is 2.60. The smallest absolute Gasteiger partial charge is 0.263 e. The van der Waals surface area contributed by atoms with Gasteiger partial charge in [-0.05, 0) is 24.6 Å². The van der Waals surface area contributed by atoms with Gasteiger partial charge in [0.2, 0.25) is 0 Å². The van der Waals surface area contributed by atoms with Gasteiger partial charge in [0.05, 0.1) is 11.1 Å². The van der Waals surface area contributed by atoms with Gasteiger partial charge in [-0.1, -0.05) is 17.7 Å². The zero-order valence-electron chi connectivity index (χ0n) is 10.4. The zero-order valence-corrected chi connectivity index (χ0v) is 11.1. The van der Waals surface area contributed by atoms with E-state index >= 15 is 0 Å². The zero-order chi connectivity index (χ0) is 13.3. The largest absolute Gasteiger partial charge is 0.479 e. The van der Waals surface area contributed by atoms with E-state index in [1.54, 1.807) is 37.1 Å². The first-order chi connectivity index (χ1) is 8.49. The molecule has 1 unspecified atom stereocenters. The number of carbonyl (C=O) groups excluding carboxylic acids is 1. The topological polar surface area (TPSA) is 49.8 Å². The molecule has 0 aliphatic carbocycles. The van der Waals surface area contributed by atoms with Crippen molar-refractivity contribution in [2.45, 2.75) is 25.6 Å². The van der Waals surface area contributed by atoms with Crippen molar-refractivity contribution >= 4 is 17.5 Å². The highest BCUT2D eigenvalue weighted by atomic mass is 35.5. The summed E-state index contributed by atoms with van der Waals surface area (Å²) in [5, 5.41) is 9.85. The first-order valence-electron chi connectivity index (χ1n) is 5.88. The van der Waals surface area contributed by atoms with Crippen molar-refractivity contribution in [3.05, 3.63) is 28.8 Å². The molecule has 0 spiro atoms. The monoisotopic (exact) mass is 269 g/mol. The number of rotatable bonds is 3. The summed E-state index contributed by atoms with van der Waals surface area (Å²) in [4.78, 5) is 13.4.